The van der Waals surface area contributed by atoms with E-state index in [1.807, 2.05) is 0 Å². The maximum Gasteiger partial charge on any atom is 0.797 e. The Hall–Kier alpha value is -1.76. The van der Waals surface area contributed by atoms with Crippen molar-refractivity contribution in [2.45, 2.75) is 0 Å². The molecule has 2 aromatic rings. The first-order valence-electron chi connectivity index (χ1n) is 4.74. The summed E-state index contributed by atoms with van der Waals surface area (Å²) in [7, 11) is -2.90. The largest absolute Gasteiger partial charge is 0.797 e. The fraction of sp³-hybridized carbons (Fsp3) is 0. The van der Waals surface area contributed by atoms with Crippen LogP contribution in [0.15, 0.2) is 46.9 Å². The first-order chi connectivity index (χ1) is 8.25. The summed E-state index contributed by atoms with van der Waals surface area (Å²) in [6.07, 6.45) is 1.53. The van der Waals surface area contributed by atoms with Gasteiger partial charge in [0.15, 0.2) is 5.82 Å². The Morgan fingerprint density at radius 3 is 2.76 bits per heavy atom. The van der Waals surface area contributed by atoms with Crippen LogP contribution in [-0.4, -0.2) is 18.4 Å². The van der Waals surface area contributed by atoms with Gasteiger partial charge in [0.25, 0.3) is 0 Å². The van der Waals surface area contributed by atoms with Gasteiger partial charge in [-0.1, -0.05) is 12.1 Å². The van der Waals surface area contributed by atoms with Gasteiger partial charge in [0, 0.05) is 6.20 Å². The Morgan fingerprint density at radius 1 is 1.29 bits per heavy atom. The molecule has 0 radical (unpaired) electrons. The lowest BCUT2D eigenvalue weighted by Crippen LogP contribution is -2.13. The highest BCUT2D eigenvalue weighted by atomic mass is 32.1. The number of thiophene rings is 1. The summed E-state index contributed by atoms with van der Waals surface area (Å²) in [5.74, 6) is 0.213. The van der Waals surface area contributed by atoms with Gasteiger partial charge in [-0.05, 0) is 23.6 Å². The first kappa shape index (κ1) is 11.7. The lowest BCUT2D eigenvalue weighted by molar-refractivity contribution is 0.421. The standard InChI is InChI=1S/C10H7BF2N2OS/c12-11(13)16-10(8-4-3-7-17-8)15-9-5-1-2-6-14-9/h1-7H/b15-10+. The summed E-state index contributed by atoms with van der Waals surface area (Å²) in [6, 6.07) is 8.46. The lowest BCUT2D eigenvalue weighted by Gasteiger charge is -2.04. The highest BCUT2D eigenvalue weighted by molar-refractivity contribution is 7.12. The Kier molecular flexibility index (Phi) is 3.82. The van der Waals surface area contributed by atoms with Crippen LogP contribution < -0.4 is 0 Å². The molecule has 3 nitrogen and oxygen atoms in total. The third-order valence-corrected chi connectivity index (χ3v) is 2.66. The Balaban J connectivity index is 2.31. The average Bonchev–Trinajstić information content (AvgIpc) is 2.82. The minimum atomic E-state index is -2.90. The van der Waals surface area contributed by atoms with E-state index >= 15 is 0 Å². The third-order valence-electron chi connectivity index (χ3n) is 1.80. The number of aliphatic imine (C=N–C) groups is 1. The maximum atomic E-state index is 12.3. The van der Waals surface area contributed by atoms with E-state index in [1.165, 1.54) is 17.5 Å². The molecular weight excluding hydrogens is 245 g/mol. The number of rotatable bonds is 3. The maximum absolute atomic E-state index is 12.3. The third kappa shape index (κ3) is 3.35. The van der Waals surface area contributed by atoms with E-state index in [2.05, 4.69) is 14.6 Å². The van der Waals surface area contributed by atoms with Crippen LogP contribution in [0.5, 0.6) is 0 Å². The average molecular weight is 252 g/mol. The Bertz CT molecular complexity index is 490. The van der Waals surface area contributed by atoms with Crippen LogP contribution in [0.25, 0.3) is 0 Å². The highest BCUT2D eigenvalue weighted by Gasteiger charge is 2.22. The van der Waals surface area contributed by atoms with Gasteiger partial charge in [-0.15, -0.1) is 11.3 Å². The number of hydrogen-bond acceptors (Lipinski definition) is 4. The van der Waals surface area contributed by atoms with Crippen molar-refractivity contribution >= 4 is 30.5 Å². The normalized spacial score (nSPS) is 11.3. The Morgan fingerprint density at radius 2 is 2.18 bits per heavy atom. The van der Waals surface area contributed by atoms with Crippen LogP contribution in [0.2, 0.25) is 0 Å². The van der Waals surface area contributed by atoms with E-state index in [0.717, 1.165) is 0 Å². The van der Waals surface area contributed by atoms with Gasteiger partial charge in [0.05, 0.1) is 4.88 Å². The fourth-order valence-electron chi connectivity index (χ4n) is 1.15. The monoisotopic (exact) mass is 252 g/mol. The van der Waals surface area contributed by atoms with Gasteiger partial charge < -0.3 is 4.65 Å². The molecule has 2 aromatic heterocycles. The number of pyridine rings is 1. The Labute approximate surface area is 101 Å². The van der Waals surface area contributed by atoms with Gasteiger partial charge in [-0.2, -0.15) is 4.99 Å². The molecule has 0 atom stereocenters. The van der Waals surface area contributed by atoms with Crippen LogP contribution in [0.1, 0.15) is 4.88 Å². The van der Waals surface area contributed by atoms with Crippen LogP contribution in [-0.2, 0) is 4.65 Å². The van der Waals surface area contributed by atoms with Crippen molar-refractivity contribution in [2.24, 2.45) is 4.99 Å². The van der Waals surface area contributed by atoms with Gasteiger partial charge in [0.1, 0.15) is 0 Å². The van der Waals surface area contributed by atoms with Crippen LogP contribution in [0, 0.1) is 0 Å². The lowest BCUT2D eigenvalue weighted by atomic mass is 10.3. The second-order valence-electron chi connectivity index (χ2n) is 2.96. The van der Waals surface area contributed by atoms with E-state index in [4.69, 9.17) is 0 Å². The summed E-state index contributed by atoms with van der Waals surface area (Å²) in [5.41, 5.74) is 0. The number of nitrogens with zero attached hydrogens (tertiary/aromatic N) is 2. The molecule has 0 saturated heterocycles. The molecule has 2 rings (SSSR count). The van der Waals surface area contributed by atoms with Crippen molar-refractivity contribution in [3.05, 3.63) is 46.8 Å². The summed E-state index contributed by atoms with van der Waals surface area (Å²) >= 11 is 1.28. The van der Waals surface area contributed by atoms with Crippen LogP contribution in [0.3, 0.4) is 0 Å². The topological polar surface area (TPSA) is 34.5 Å². The zero-order chi connectivity index (χ0) is 12.1. The molecule has 0 aliphatic heterocycles. The van der Waals surface area contributed by atoms with Gasteiger partial charge in [-0.3, -0.25) is 0 Å². The molecule has 0 aliphatic rings. The molecule has 0 bridgehead atoms. The van der Waals surface area contributed by atoms with Crippen LogP contribution in [0.4, 0.5) is 14.4 Å². The summed E-state index contributed by atoms with van der Waals surface area (Å²) in [5, 5.41) is 1.76. The minimum absolute atomic E-state index is 0.117. The quantitative estimate of drug-likeness (QED) is 0.477. The van der Waals surface area contributed by atoms with E-state index in [1.54, 1.807) is 35.7 Å². The van der Waals surface area contributed by atoms with Gasteiger partial charge in [-0.25, -0.2) is 13.6 Å². The number of halogens is 2. The van der Waals surface area contributed by atoms with Crippen molar-refractivity contribution in [1.82, 2.24) is 4.98 Å². The van der Waals surface area contributed by atoms with E-state index in [0.29, 0.717) is 10.7 Å². The molecule has 17 heavy (non-hydrogen) atoms. The van der Waals surface area contributed by atoms with Crippen molar-refractivity contribution in [1.29, 1.82) is 0 Å². The van der Waals surface area contributed by atoms with Gasteiger partial charge >= 0.3 is 7.47 Å². The molecule has 0 unspecified atom stereocenters. The van der Waals surface area contributed by atoms with Crippen LogP contribution >= 0.6 is 11.3 Å². The van der Waals surface area contributed by atoms with Crippen molar-refractivity contribution in [3.63, 3.8) is 0 Å². The number of hydrogen-bond donors (Lipinski definition) is 0. The second kappa shape index (κ2) is 5.54. The summed E-state index contributed by atoms with van der Waals surface area (Å²) < 4.78 is 28.9. The molecule has 2 heterocycles. The number of aromatic nitrogens is 1. The van der Waals surface area contributed by atoms with E-state index in [-0.39, 0.29) is 5.90 Å². The highest BCUT2D eigenvalue weighted by Crippen LogP contribution is 2.16. The molecule has 0 saturated carbocycles. The van der Waals surface area contributed by atoms with Gasteiger partial charge in [0.2, 0.25) is 5.90 Å². The first-order valence-corrected chi connectivity index (χ1v) is 5.62. The summed E-state index contributed by atoms with van der Waals surface area (Å²) in [4.78, 5) is 8.42. The fourth-order valence-corrected chi connectivity index (χ4v) is 1.80. The molecule has 0 N–H and O–H groups in total. The van der Waals surface area contributed by atoms with E-state index in [9.17, 15) is 8.63 Å². The zero-order valence-corrected chi connectivity index (χ0v) is 9.40. The zero-order valence-electron chi connectivity index (χ0n) is 8.59. The van der Waals surface area contributed by atoms with Crippen molar-refractivity contribution in [3.8, 4) is 0 Å². The van der Waals surface area contributed by atoms with Crippen molar-refractivity contribution < 1.29 is 13.3 Å². The molecule has 0 amide bonds. The van der Waals surface area contributed by atoms with Crippen molar-refractivity contribution in [2.75, 3.05) is 0 Å². The molecule has 7 heteroatoms. The molecule has 0 fully saturated rings. The second-order valence-corrected chi connectivity index (χ2v) is 3.91. The smallest absolute Gasteiger partial charge is 0.490 e. The molecule has 0 aromatic carbocycles. The predicted molar refractivity (Wildman–Crippen MR) is 63.8 cm³/mol. The molecular formula is C10H7BF2N2OS. The molecule has 0 spiro atoms. The summed E-state index contributed by atoms with van der Waals surface area (Å²) in [6.45, 7) is 0. The molecule has 86 valence electrons. The van der Waals surface area contributed by atoms with E-state index < -0.39 is 7.47 Å². The predicted octanol–water partition coefficient (Wildman–Crippen LogP) is 3.16. The SMILES string of the molecule is FB(F)O/C(=N/c1ccccn1)c1cccs1. The minimum Gasteiger partial charge on any atom is -0.490 e. The molecule has 0 aliphatic carbocycles.